The van der Waals surface area contributed by atoms with Crippen LogP contribution in [0.2, 0.25) is 0 Å². The molecule has 2 aliphatic rings. The molecule has 1 aromatic heterocycles. The summed E-state index contributed by atoms with van der Waals surface area (Å²) in [6, 6.07) is 28.7. The van der Waals surface area contributed by atoms with E-state index >= 15 is 0 Å². The number of benzene rings is 4. The molecule has 0 radical (unpaired) electrons. The summed E-state index contributed by atoms with van der Waals surface area (Å²) in [6.45, 7) is 1.07. The second kappa shape index (κ2) is 13.8. The van der Waals surface area contributed by atoms with Crippen LogP contribution in [0.1, 0.15) is 28.3 Å². The summed E-state index contributed by atoms with van der Waals surface area (Å²) in [7, 11) is 1.52. The number of ether oxygens (including phenoxy) is 4. The Morgan fingerprint density at radius 2 is 1.62 bits per heavy atom. The summed E-state index contributed by atoms with van der Waals surface area (Å²) >= 11 is 2.68. The number of thioether (sulfide) groups is 1. The molecular weight excluding hydrogens is 651 g/mol. The Kier molecular flexibility index (Phi) is 8.99. The van der Waals surface area contributed by atoms with E-state index in [2.05, 4.69) is 10.2 Å². The number of ketones is 1. The summed E-state index contributed by atoms with van der Waals surface area (Å²) in [6.07, 6.45) is 0. The first-order valence-electron chi connectivity index (χ1n) is 15.1. The van der Waals surface area contributed by atoms with Gasteiger partial charge in [-0.3, -0.25) is 14.5 Å². The zero-order valence-corrected chi connectivity index (χ0v) is 27.3. The number of methoxy groups -OCH3 is 1. The maximum absolute atomic E-state index is 13.8. The van der Waals surface area contributed by atoms with Crippen molar-refractivity contribution < 1.29 is 33.6 Å². The Bertz CT molecular complexity index is 2000. The number of aromatic nitrogens is 2. The molecule has 1 amide bonds. The van der Waals surface area contributed by atoms with Crippen LogP contribution in [0.5, 0.6) is 23.0 Å². The molecule has 12 heteroatoms. The molecule has 1 saturated heterocycles. The lowest BCUT2D eigenvalue weighted by atomic mass is 9.95. The third-order valence-electron chi connectivity index (χ3n) is 7.81. The zero-order valence-electron chi connectivity index (χ0n) is 25.7. The van der Waals surface area contributed by atoms with Crippen molar-refractivity contribution >= 4 is 45.7 Å². The summed E-state index contributed by atoms with van der Waals surface area (Å²) in [5, 5.41) is 20.6. The highest BCUT2D eigenvalue weighted by molar-refractivity contribution is 8.00. The number of carbonyl (C=O) groups excluding carboxylic acids is 2. The minimum absolute atomic E-state index is 0.106. The van der Waals surface area contributed by atoms with Crippen LogP contribution in [0.25, 0.3) is 5.76 Å². The molecule has 1 N–H and O–H groups in total. The topological polar surface area (TPSA) is 120 Å². The van der Waals surface area contributed by atoms with Gasteiger partial charge in [-0.15, -0.1) is 10.2 Å². The van der Waals surface area contributed by atoms with E-state index in [-0.39, 0.29) is 16.5 Å². The summed E-state index contributed by atoms with van der Waals surface area (Å²) < 4.78 is 23.7. The fourth-order valence-corrected chi connectivity index (χ4v) is 7.30. The van der Waals surface area contributed by atoms with Gasteiger partial charge in [0.1, 0.15) is 25.6 Å². The van der Waals surface area contributed by atoms with E-state index in [1.807, 2.05) is 60.7 Å². The number of aliphatic hydroxyl groups is 1. The van der Waals surface area contributed by atoms with Gasteiger partial charge in [-0.2, -0.15) is 0 Å². The molecule has 1 atom stereocenters. The third kappa shape index (κ3) is 6.32. The van der Waals surface area contributed by atoms with Gasteiger partial charge in [0.15, 0.2) is 27.3 Å². The van der Waals surface area contributed by atoms with Gasteiger partial charge in [-0.05, 0) is 47.0 Å². The number of rotatable bonds is 10. The molecule has 0 bridgehead atoms. The monoisotopic (exact) mass is 679 g/mol. The van der Waals surface area contributed by atoms with E-state index in [0.29, 0.717) is 64.0 Å². The predicted molar refractivity (Wildman–Crippen MR) is 182 cm³/mol. The van der Waals surface area contributed by atoms with Crippen LogP contribution in [0.4, 0.5) is 5.13 Å². The molecule has 5 aromatic rings. The molecule has 0 spiro atoms. The smallest absolute Gasteiger partial charge is 0.301 e. The average molecular weight is 680 g/mol. The Morgan fingerprint density at radius 3 is 2.38 bits per heavy atom. The zero-order chi connectivity index (χ0) is 33.0. The van der Waals surface area contributed by atoms with Gasteiger partial charge in [-0.1, -0.05) is 89.8 Å². The lowest BCUT2D eigenvalue weighted by Crippen LogP contribution is -2.29. The van der Waals surface area contributed by atoms with Crippen LogP contribution in [0.3, 0.4) is 0 Å². The molecule has 7 rings (SSSR count). The standard InChI is InChI=1S/C36H29N3O7S2/c1-43-28-18-24(12-14-26(28)46-20-22-8-4-2-5-9-22)31-30(32(40)25-13-15-27-29(19-25)45-17-16-44-27)33(41)34(42)39(31)35-37-38-36(48-35)47-21-23-10-6-3-7-11-23/h2-15,18-19,31,40H,16-17,20-21H2,1H3/b32-30+. The summed E-state index contributed by atoms with van der Waals surface area (Å²) in [5.41, 5.74) is 2.79. The van der Waals surface area contributed by atoms with Crippen molar-refractivity contribution in [2.24, 2.45) is 0 Å². The van der Waals surface area contributed by atoms with E-state index in [4.69, 9.17) is 18.9 Å². The summed E-state index contributed by atoms with van der Waals surface area (Å²) in [4.78, 5) is 28.9. The number of hydrogen-bond acceptors (Lipinski definition) is 11. The number of nitrogens with zero attached hydrogens (tertiary/aromatic N) is 3. The highest BCUT2D eigenvalue weighted by Crippen LogP contribution is 2.46. The number of hydrogen-bond donors (Lipinski definition) is 1. The minimum atomic E-state index is -1.05. The lowest BCUT2D eigenvalue weighted by Gasteiger charge is -2.24. The molecule has 10 nitrogen and oxygen atoms in total. The van der Waals surface area contributed by atoms with Crippen LogP contribution >= 0.6 is 23.1 Å². The molecule has 48 heavy (non-hydrogen) atoms. The van der Waals surface area contributed by atoms with Gasteiger partial charge >= 0.3 is 5.91 Å². The Labute approximate surface area is 284 Å². The van der Waals surface area contributed by atoms with E-state index in [0.717, 1.165) is 11.1 Å². The fourth-order valence-electron chi connectivity index (χ4n) is 5.48. The van der Waals surface area contributed by atoms with E-state index in [1.165, 1.54) is 35.1 Å². The Balaban J connectivity index is 1.27. The van der Waals surface area contributed by atoms with Crippen LogP contribution < -0.4 is 23.8 Å². The van der Waals surface area contributed by atoms with Crippen molar-refractivity contribution in [2.45, 2.75) is 22.7 Å². The molecule has 1 fully saturated rings. The fraction of sp³-hybridized carbons (Fsp3) is 0.167. The first kappa shape index (κ1) is 31.3. The van der Waals surface area contributed by atoms with Gasteiger partial charge in [-0.25, -0.2) is 0 Å². The molecule has 4 aromatic carbocycles. The van der Waals surface area contributed by atoms with Crippen LogP contribution in [-0.4, -0.2) is 47.3 Å². The number of fused-ring (bicyclic) bond motifs is 1. The van der Waals surface area contributed by atoms with Crippen LogP contribution in [-0.2, 0) is 21.9 Å². The van der Waals surface area contributed by atoms with Crippen molar-refractivity contribution in [3.8, 4) is 23.0 Å². The second-order valence-electron chi connectivity index (χ2n) is 10.8. The highest BCUT2D eigenvalue weighted by Gasteiger charge is 2.48. The highest BCUT2D eigenvalue weighted by atomic mass is 32.2. The van der Waals surface area contributed by atoms with Gasteiger partial charge in [0.05, 0.1) is 18.7 Å². The SMILES string of the molecule is COc1cc(C2/C(=C(\O)c3ccc4c(c3)OCCO4)C(=O)C(=O)N2c2nnc(SCc3ccccc3)s2)ccc1OCc1ccccc1. The first-order chi connectivity index (χ1) is 23.5. The van der Waals surface area contributed by atoms with Crippen molar-refractivity contribution in [3.63, 3.8) is 0 Å². The lowest BCUT2D eigenvalue weighted by molar-refractivity contribution is -0.132. The normalized spacial score (nSPS) is 16.6. The maximum Gasteiger partial charge on any atom is 0.301 e. The Hall–Kier alpha value is -5.33. The van der Waals surface area contributed by atoms with Crippen LogP contribution in [0.15, 0.2) is 107 Å². The van der Waals surface area contributed by atoms with E-state index in [9.17, 15) is 14.7 Å². The molecule has 3 heterocycles. The average Bonchev–Trinajstić information content (AvgIpc) is 3.71. The molecule has 0 aliphatic carbocycles. The predicted octanol–water partition coefficient (Wildman–Crippen LogP) is 6.82. The number of amides is 1. The van der Waals surface area contributed by atoms with Gasteiger partial charge < -0.3 is 24.1 Å². The van der Waals surface area contributed by atoms with E-state index in [1.54, 1.807) is 36.4 Å². The van der Waals surface area contributed by atoms with Crippen molar-refractivity contribution in [3.05, 3.63) is 125 Å². The molecule has 1 unspecified atom stereocenters. The number of Topliss-reactive ketones (excluding diaryl/α,β-unsaturated/α-hetero) is 1. The minimum Gasteiger partial charge on any atom is -0.507 e. The summed E-state index contributed by atoms with van der Waals surface area (Å²) in [5.74, 6) is 0.437. The van der Waals surface area contributed by atoms with Gasteiger partial charge in [0, 0.05) is 11.3 Å². The Morgan fingerprint density at radius 1 is 0.896 bits per heavy atom. The molecule has 0 saturated carbocycles. The van der Waals surface area contributed by atoms with Crippen molar-refractivity contribution in [1.29, 1.82) is 0 Å². The van der Waals surface area contributed by atoms with E-state index < -0.39 is 17.7 Å². The second-order valence-corrected chi connectivity index (χ2v) is 13.0. The molecular formula is C36H29N3O7S2. The quantitative estimate of drug-likeness (QED) is 0.0554. The number of anilines is 1. The number of carbonyl (C=O) groups is 2. The van der Waals surface area contributed by atoms with Crippen LogP contribution in [0, 0.1) is 0 Å². The largest absolute Gasteiger partial charge is 0.507 e. The third-order valence-corrected chi connectivity index (χ3v) is 9.93. The number of aliphatic hydroxyl groups excluding tert-OH is 1. The molecule has 2 aliphatic heterocycles. The maximum atomic E-state index is 13.8. The van der Waals surface area contributed by atoms with Gasteiger partial charge in [0.2, 0.25) is 5.13 Å². The first-order valence-corrected chi connectivity index (χ1v) is 16.9. The van der Waals surface area contributed by atoms with Gasteiger partial charge in [0.25, 0.3) is 5.78 Å². The molecule has 242 valence electrons. The van der Waals surface area contributed by atoms with Crippen molar-refractivity contribution in [1.82, 2.24) is 10.2 Å². The van der Waals surface area contributed by atoms with Crippen molar-refractivity contribution in [2.75, 3.05) is 25.2 Å².